The van der Waals surface area contributed by atoms with Gasteiger partial charge in [0.25, 0.3) is 0 Å². The third kappa shape index (κ3) is 4.76. The lowest BCUT2D eigenvalue weighted by Gasteiger charge is -2.15. The van der Waals surface area contributed by atoms with Gasteiger partial charge in [0, 0.05) is 11.9 Å². The second-order valence-corrected chi connectivity index (χ2v) is 8.30. The number of ether oxygens (including phenoxy) is 1. The lowest BCUT2D eigenvalue weighted by molar-refractivity contribution is -0.114. The summed E-state index contributed by atoms with van der Waals surface area (Å²) in [5.41, 5.74) is 4.17. The molecule has 7 heteroatoms. The average molecular weight is 376 g/mol. The molecule has 0 saturated heterocycles. The Hall–Kier alpha value is -2.54. The van der Waals surface area contributed by atoms with Crippen molar-refractivity contribution in [3.05, 3.63) is 47.0 Å². The Morgan fingerprint density at radius 2 is 1.77 bits per heavy atom. The summed E-state index contributed by atoms with van der Waals surface area (Å²) in [6.07, 6.45) is 1.13. The summed E-state index contributed by atoms with van der Waals surface area (Å²) in [7, 11) is -2.05. The Kier molecular flexibility index (Phi) is 5.92. The summed E-state index contributed by atoms with van der Waals surface area (Å²) in [4.78, 5) is 12.3. The van der Waals surface area contributed by atoms with E-state index in [2.05, 4.69) is 10.6 Å². The van der Waals surface area contributed by atoms with Crippen LogP contribution in [0.5, 0.6) is 5.75 Å². The van der Waals surface area contributed by atoms with Crippen LogP contribution in [0, 0.1) is 20.8 Å². The highest BCUT2D eigenvalue weighted by Gasteiger charge is 2.19. The Balaban J connectivity index is 2.17. The summed E-state index contributed by atoms with van der Waals surface area (Å²) in [6, 6.07) is 8.99. The molecule has 0 aliphatic carbocycles. The van der Waals surface area contributed by atoms with Gasteiger partial charge in [-0.05, 0) is 61.7 Å². The molecule has 0 bridgehead atoms. The van der Waals surface area contributed by atoms with Gasteiger partial charge in [-0.15, -0.1) is 0 Å². The van der Waals surface area contributed by atoms with Crippen LogP contribution in [0.4, 0.5) is 11.4 Å². The maximum absolute atomic E-state index is 12.2. The minimum atomic E-state index is -3.45. The summed E-state index contributed by atoms with van der Waals surface area (Å²) >= 11 is 0. The second kappa shape index (κ2) is 7.78. The Labute approximate surface area is 154 Å². The average Bonchev–Trinajstić information content (AvgIpc) is 2.55. The molecule has 0 radical (unpaired) electrons. The molecule has 2 rings (SSSR count). The molecule has 0 heterocycles. The number of benzene rings is 2. The van der Waals surface area contributed by atoms with Gasteiger partial charge in [-0.3, -0.25) is 4.79 Å². The maximum atomic E-state index is 12.2. The van der Waals surface area contributed by atoms with Crippen LogP contribution in [0.1, 0.15) is 16.7 Å². The number of hydrogen-bond acceptors (Lipinski definition) is 5. The largest absolute Gasteiger partial charge is 0.493 e. The van der Waals surface area contributed by atoms with Crippen LogP contribution < -0.4 is 15.4 Å². The molecule has 0 unspecified atom stereocenters. The minimum Gasteiger partial charge on any atom is -0.493 e. The molecule has 0 atom stereocenters. The van der Waals surface area contributed by atoms with Gasteiger partial charge in [-0.25, -0.2) is 8.42 Å². The predicted molar refractivity (Wildman–Crippen MR) is 104 cm³/mol. The van der Waals surface area contributed by atoms with Crippen molar-refractivity contribution >= 4 is 27.1 Å². The fourth-order valence-corrected chi connectivity index (χ4v) is 3.49. The van der Waals surface area contributed by atoms with E-state index in [9.17, 15) is 13.2 Å². The molecule has 0 aromatic heterocycles. The van der Waals surface area contributed by atoms with Gasteiger partial charge < -0.3 is 15.4 Å². The van der Waals surface area contributed by atoms with E-state index in [-0.39, 0.29) is 23.1 Å². The fourth-order valence-electron chi connectivity index (χ4n) is 2.56. The van der Waals surface area contributed by atoms with Crippen LogP contribution in [0.25, 0.3) is 0 Å². The van der Waals surface area contributed by atoms with Crippen molar-refractivity contribution in [2.45, 2.75) is 25.7 Å². The number of carbonyl (C=O) groups excluding carboxylic acids is 1. The first kappa shape index (κ1) is 19.8. The SMILES string of the molecule is COc1c(NCC(=O)Nc2ccc(C)c(C)c2)cc(C)cc1S(C)(=O)=O. The van der Waals surface area contributed by atoms with Gasteiger partial charge >= 0.3 is 0 Å². The van der Waals surface area contributed by atoms with E-state index in [4.69, 9.17) is 4.74 Å². The molecule has 0 saturated carbocycles. The molecular weight excluding hydrogens is 352 g/mol. The van der Waals surface area contributed by atoms with Crippen LogP contribution in [0.2, 0.25) is 0 Å². The number of anilines is 2. The summed E-state index contributed by atoms with van der Waals surface area (Å²) < 4.78 is 29.2. The molecule has 6 nitrogen and oxygen atoms in total. The first-order valence-electron chi connectivity index (χ1n) is 8.11. The normalized spacial score (nSPS) is 11.1. The topological polar surface area (TPSA) is 84.5 Å². The van der Waals surface area contributed by atoms with E-state index < -0.39 is 9.84 Å². The Bertz CT molecular complexity index is 937. The number of aryl methyl sites for hydroxylation is 3. The van der Waals surface area contributed by atoms with E-state index in [1.807, 2.05) is 32.0 Å². The monoisotopic (exact) mass is 376 g/mol. The van der Waals surface area contributed by atoms with Crippen molar-refractivity contribution in [3.63, 3.8) is 0 Å². The maximum Gasteiger partial charge on any atom is 0.243 e. The van der Waals surface area contributed by atoms with Crippen molar-refractivity contribution in [1.82, 2.24) is 0 Å². The van der Waals surface area contributed by atoms with E-state index in [0.29, 0.717) is 11.4 Å². The predicted octanol–water partition coefficient (Wildman–Crippen LogP) is 3.07. The van der Waals surface area contributed by atoms with Crippen molar-refractivity contribution in [1.29, 1.82) is 0 Å². The van der Waals surface area contributed by atoms with Crippen LogP contribution in [-0.2, 0) is 14.6 Å². The van der Waals surface area contributed by atoms with Crippen molar-refractivity contribution in [2.75, 3.05) is 30.5 Å². The van der Waals surface area contributed by atoms with Crippen LogP contribution >= 0.6 is 0 Å². The second-order valence-electron chi connectivity index (χ2n) is 6.32. The molecule has 1 amide bonds. The van der Waals surface area contributed by atoms with Crippen molar-refractivity contribution in [3.8, 4) is 5.75 Å². The van der Waals surface area contributed by atoms with Gasteiger partial charge in [-0.2, -0.15) is 0 Å². The lowest BCUT2D eigenvalue weighted by atomic mass is 10.1. The molecule has 0 aliphatic rings. The number of hydrogen-bond donors (Lipinski definition) is 2. The Morgan fingerprint density at radius 3 is 2.35 bits per heavy atom. The van der Waals surface area contributed by atoms with Crippen LogP contribution in [0.3, 0.4) is 0 Å². The highest BCUT2D eigenvalue weighted by atomic mass is 32.2. The lowest BCUT2D eigenvalue weighted by Crippen LogP contribution is -2.22. The molecule has 26 heavy (non-hydrogen) atoms. The number of sulfone groups is 1. The summed E-state index contributed by atoms with van der Waals surface area (Å²) in [5.74, 6) is -0.0326. The zero-order valence-electron chi connectivity index (χ0n) is 15.6. The van der Waals surface area contributed by atoms with Gasteiger partial charge in [0.05, 0.1) is 19.3 Å². The molecule has 0 aliphatic heterocycles. The molecule has 0 fully saturated rings. The number of amides is 1. The fraction of sp³-hybridized carbons (Fsp3) is 0.316. The van der Waals surface area contributed by atoms with Gasteiger partial charge in [-0.1, -0.05) is 6.07 Å². The smallest absolute Gasteiger partial charge is 0.243 e. The van der Waals surface area contributed by atoms with E-state index >= 15 is 0 Å². The molecule has 2 aromatic rings. The number of carbonyl (C=O) groups is 1. The first-order chi connectivity index (χ1) is 12.1. The Morgan fingerprint density at radius 1 is 1.08 bits per heavy atom. The van der Waals surface area contributed by atoms with E-state index in [0.717, 1.165) is 22.9 Å². The number of nitrogens with one attached hydrogen (secondary N) is 2. The third-order valence-electron chi connectivity index (χ3n) is 4.03. The highest BCUT2D eigenvalue weighted by molar-refractivity contribution is 7.90. The highest BCUT2D eigenvalue weighted by Crippen LogP contribution is 2.33. The third-order valence-corrected chi connectivity index (χ3v) is 5.14. The van der Waals surface area contributed by atoms with Crippen molar-refractivity contribution < 1.29 is 17.9 Å². The minimum absolute atomic E-state index is 0.0179. The molecule has 140 valence electrons. The number of methoxy groups -OCH3 is 1. The first-order valence-corrected chi connectivity index (χ1v) is 10.0. The van der Waals surface area contributed by atoms with Crippen molar-refractivity contribution in [2.24, 2.45) is 0 Å². The molecule has 2 N–H and O–H groups in total. The quantitative estimate of drug-likeness (QED) is 0.809. The van der Waals surface area contributed by atoms with Gasteiger partial charge in [0.1, 0.15) is 4.90 Å². The van der Waals surface area contributed by atoms with E-state index in [1.165, 1.54) is 7.11 Å². The van der Waals surface area contributed by atoms with Gasteiger partial charge in [0.2, 0.25) is 5.91 Å². The molecular formula is C19H24N2O4S. The van der Waals surface area contributed by atoms with E-state index in [1.54, 1.807) is 19.1 Å². The van der Waals surface area contributed by atoms with Crippen LogP contribution in [0.15, 0.2) is 35.2 Å². The molecule has 2 aromatic carbocycles. The zero-order valence-corrected chi connectivity index (χ0v) is 16.5. The summed E-state index contributed by atoms with van der Waals surface area (Å²) in [6.45, 7) is 5.75. The number of rotatable bonds is 6. The zero-order chi connectivity index (χ0) is 19.5. The van der Waals surface area contributed by atoms with Crippen LogP contribution in [-0.4, -0.2) is 34.2 Å². The molecule has 0 spiro atoms. The summed E-state index contributed by atoms with van der Waals surface area (Å²) in [5, 5.41) is 5.78. The standard InChI is InChI=1S/C19H24N2O4S/c1-12-8-16(19(25-4)17(9-12)26(5,23)24)20-11-18(22)21-15-7-6-13(2)14(3)10-15/h6-10,20H,11H2,1-5H3,(H,21,22). The van der Waals surface area contributed by atoms with Gasteiger partial charge in [0.15, 0.2) is 15.6 Å².